The number of nitro benzene ring substituents is 1. The van der Waals surface area contributed by atoms with Gasteiger partial charge in [-0.3, -0.25) is 14.9 Å². The number of anilines is 1. The summed E-state index contributed by atoms with van der Waals surface area (Å²) in [6.07, 6.45) is 0. The van der Waals surface area contributed by atoms with E-state index in [0.29, 0.717) is 12.2 Å². The van der Waals surface area contributed by atoms with Crippen LogP contribution in [0.1, 0.15) is 36.7 Å². The molecule has 142 valence electrons. The van der Waals surface area contributed by atoms with Gasteiger partial charge in [0, 0.05) is 29.8 Å². The van der Waals surface area contributed by atoms with E-state index in [-0.39, 0.29) is 23.6 Å². The van der Waals surface area contributed by atoms with Gasteiger partial charge >= 0.3 is 5.97 Å². The number of nitro groups is 1. The fourth-order valence-corrected chi connectivity index (χ4v) is 2.19. The van der Waals surface area contributed by atoms with Crippen LogP contribution in [0.3, 0.4) is 0 Å². The zero-order valence-electron chi connectivity index (χ0n) is 15.5. The Bertz CT molecular complexity index is 841. The zero-order chi connectivity index (χ0) is 20.0. The number of Topliss-reactive ketones (excluding diaryl/α,β-unsaturated/α-hetero) is 1. The molecule has 0 aliphatic carbocycles. The van der Waals surface area contributed by atoms with Crippen LogP contribution in [0.5, 0.6) is 0 Å². The quantitative estimate of drug-likeness (QED) is 0.450. The average molecular weight is 370 g/mol. The lowest BCUT2D eigenvalue weighted by molar-refractivity contribution is -0.384. The monoisotopic (exact) mass is 370 g/mol. The molecule has 2 rings (SSSR count). The molecule has 0 heterocycles. The molecular weight excluding hydrogens is 348 g/mol. The van der Waals surface area contributed by atoms with Gasteiger partial charge in [0.25, 0.3) is 5.69 Å². The third kappa shape index (κ3) is 5.64. The molecule has 0 fully saturated rings. The number of rotatable bonds is 7. The maximum Gasteiger partial charge on any atom is 0.340 e. The molecule has 0 atom stereocenters. The van der Waals surface area contributed by atoms with Crippen LogP contribution in [0.25, 0.3) is 0 Å². The van der Waals surface area contributed by atoms with E-state index < -0.39 is 16.3 Å². The number of hydrogen-bond donors (Lipinski definition) is 1. The Kier molecular flexibility index (Phi) is 6.28. The molecule has 2 aromatic rings. The number of carbonyl (C=O) groups excluding carboxylic acids is 2. The van der Waals surface area contributed by atoms with E-state index >= 15 is 0 Å². The van der Waals surface area contributed by atoms with Gasteiger partial charge in [0.15, 0.2) is 12.4 Å². The van der Waals surface area contributed by atoms with Crippen LogP contribution < -0.4 is 5.32 Å². The second kappa shape index (κ2) is 8.44. The van der Waals surface area contributed by atoms with Crippen molar-refractivity contribution in [2.75, 3.05) is 11.9 Å². The lowest BCUT2D eigenvalue weighted by atomic mass is 9.91. The van der Waals surface area contributed by atoms with Gasteiger partial charge < -0.3 is 10.1 Å². The second-order valence-corrected chi connectivity index (χ2v) is 7.08. The third-order valence-corrected chi connectivity index (χ3v) is 3.93. The summed E-state index contributed by atoms with van der Waals surface area (Å²) in [6, 6.07) is 13.4. The molecule has 0 aliphatic rings. The fraction of sp³-hybridized carbons (Fsp3) is 0.300. The number of nitrogens with one attached hydrogen (secondary N) is 1. The highest BCUT2D eigenvalue weighted by Gasteiger charge is 2.24. The van der Waals surface area contributed by atoms with E-state index in [2.05, 4.69) is 5.32 Å². The second-order valence-electron chi connectivity index (χ2n) is 7.08. The molecule has 0 saturated heterocycles. The molecular formula is C20H22N2O5. The Hall–Kier alpha value is -3.22. The highest BCUT2D eigenvalue weighted by molar-refractivity contribution is 5.98. The van der Waals surface area contributed by atoms with Crippen molar-refractivity contribution in [3.63, 3.8) is 0 Å². The SMILES string of the molecule is CC(C)(C)C(=O)COC(=O)c1cc([N+](=O)[O-])ccc1NCc1ccccc1. The van der Waals surface area contributed by atoms with E-state index in [4.69, 9.17) is 4.74 Å². The van der Waals surface area contributed by atoms with E-state index in [0.717, 1.165) is 11.6 Å². The van der Waals surface area contributed by atoms with Crippen molar-refractivity contribution in [2.45, 2.75) is 27.3 Å². The Morgan fingerprint density at radius 2 is 1.78 bits per heavy atom. The number of non-ortho nitro benzene ring substituents is 1. The summed E-state index contributed by atoms with van der Waals surface area (Å²) in [6.45, 7) is 5.22. The van der Waals surface area contributed by atoms with E-state index in [1.807, 2.05) is 30.3 Å². The van der Waals surface area contributed by atoms with Crippen molar-refractivity contribution in [3.05, 3.63) is 69.8 Å². The Morgan fingerprint density at radius 1 is 1.11 bits per heavy atom. The minimum Gasteiger partial charge on any atom is -0.454 e. The highest BCUT2D eigenvalue weighted by Crippen LogP contribution is 2.24. The van der Waals surface area contributed by atoms with Crippen LogP contribution in [0.2, 0.25) is 0 Å². The van der Waals surface area contributed by atoms with Crippen molar-refractivity contribution in [1.82, 2.24) is 0 Å². The minimum atomic E-state index is -0.785. The molecule has 7 heteroatoms. The zero-order valence-corrected chi connectivity index (χ0v) is 15.5. The number of ether oxygens (including phenoxy) is 1. The highest BCUT2D eigenvalue weighted by atomic mass is 16.6. The first-order chi connectivity index (χ1) is 12.7. The molecule has 7 nitrogen and oxygen atoms in total. The topological polar surface area (TPSA) is 98.5 Å². The number of nitrogens with zero attached hydrogens (tertiary/aromatic N) is 1. The maximum atomic E-state index is 12.4. The summed E-state index contributed by atoms with van der Waals surface area (Å²) >= 11 is 0. The molecule has 1 N–H and O–H groups in total. The van der Waals surface area contributed by atoms with Gasteiger partial charge in [0.2, 0.25) is 0 Å². The van der Waals surface area contributed by atoms with Crippen LogP contribution in [0, 0.1) is 15.5 Å². The first kappa shape index (κ1) is 20.1. The minimum absolute atomic E-state index is 0.0156. The van der Waals surface area contributed by atoms with E-state index in [1.165, 1.54) is 12.1 Å². The molecule has 0 bridgehead atoms. The maximum absolute atomic E-state index is 12.4. The summed E-state index contributed by atoms with van der Waals surface area (Å²) in [5.41, 5.74) is 0.532. The predicted molar refractivity (Wildman–Crippen MR) is 102 cm³/mol. The third-order valence-electron chi connectivity index (χ3n) is 3.93. The molecule has 0 radical (unpaired) electrons. The Balaban J connectivity index is 2.20. The van der Waals surface area contributed by atoms with Crippen molar-refractivity contribution in [3.8, 4) is 0 Å². The van der Waals surface area contributed by atoms with Gasteiger partial charge in [-0.05, 0) is 11.6 Å². The van der Waals surface area contributed by atoms with Gasteiger partial charge in [-0.1, -0.05) is 51.1 Å². The van der Waals surface area contributed by atoms with Crippen molar-refractivity contribution >= 4 is 23.1 Å². The van der Waals surface area contributed by atoms with Gasteiger partial charge in [0.05, 0.1) is 10.5 Å². The molecule has 0 saturated carbocycles. The van der Waals surface area contributed by atoms with Crippen LogP contribution in [0.15, 0.2) is 48.5 Å². The van der Waals surface area contributed by atoms with Crippen LogP contribution in [0.4, 0.5) is 11.4 Å². The normalized spacial score (nSPS) is 10.9. The van der Waals surface area contributed by atoms with Crippen molar-refractivity contribution < 1.29 is 19.2 Å². The van der Waals surface area contributed by atoms with Gasteiger partial charge in [-0.2, -0.15) is 0 Å². The number of esters is 1. The Morgan fingerprint density at radius 3 is 2.37 bits per heavy atom. The van der Waals surface area contributed by atoms with Gasteiger partial charge in [-0.25, -0.2) is 4.79 Å². The lowest BCUT2D eigenvalue weighted by Gasteiger charge is -2.17. The largest absolute Gasteiger partial charge is 0.454 e. The van der Waals surface area contributed by atoms with Gasteiger partial charge in [-0.15, -0.1) is 0 Å². The molecule has 0 unspecified atom stereocenters. The summed E-state index contributed by atoms with van der Waals surface area (Å²) in [4.78, 5) is 34.9. The van der Waals surface area contributed by atoms with Crippen molar-refractivity contribution in [1.29, 1.82) is 0 Å². The van der Waals surface area contributed by atoms with Crippen molar-refractivity contribution in [2.24, 2.45) is 5.41 Å². The number of carbonyl (C=O) groups is 2. The summed E-state index contributed by atoms with van der Waals surface area (Å²) < 4.78 is 5.09. The standard InChI is InChI=1S/C20H22N2O5/c1-20(2,3)18(23)13-27-19(24)16-11-15(22(25)26)9-10-17(16)21-12-14-7-5-4-6-8-14/h4-11,21H,12-13H2,1-3H3. The predicted octanol–water partition coefficient (Wildman–Crippen LogP) is 3.98. The number of benzene rings is 2. The van der Waals surface area contributed by atoms with Crippen LogP contribution >= 0.6 is 0 Å². The summed E-state index contributed by atoms with van der Waals surface area (Å²) in [5, 5.41) is 14.1. The van der Waals surface area contributed by atoms with E-state index in [1.54, 1.807) is 20.8 Å². The first-order valence-electron chi connectivity index (χ1n) is 8.45. The first-order valence-corrected chi connectivity index (χ1v) is 8.45. The average Bonchev–Trinajstić information content (AvgIpc) is 2.63. The molecule has 0 spiro atoms. The van der Waals surface area contributed by atoms with E-state index in [9.17, 15) is 19.7 Å². The van der Waals surface area contributed by atoms with Gasteiger partial charge in [0.1, 0.15) is 0 Å². The molecule has 0 amide bonds. The number of ketones is 1. The summed E-state index contributed by atoms with van der Waals surface area (Å²) in [7, 11) is 0. The fourth-order valence-electron chi connectivity index (χ4n) is 2.19. The van der Waals surface area contributed by atoms with Crippen LogP contribution in [-0.2, 0) is 16.1 Å². The van der Waals surface area contributed by atoms with Crippen LogP contribution in [-0.4, -0.2) is 23.3 Å². The molecule has 27 heavy (non-hydrogen) atoms. The molecule has 0 aliphatic heterocycles. The smallest absolute Gasteiger partial charge is 0.340 e. The Labute approximate surface area is 157 Å². The molecule has 2 aromatic carbocycles. The molecule has 0 aromatic heterocycles. The lowest BCUT2D eigenvalue weighted by Crippen LogP contribution is -2.26. The summed E-state index contributed by atoms with van der Waals surface area (Å²) in [5.74, 6) is -1.02. The number of hydrogen-bond acceptors (Lipinski definition) is 6.